The first kappa shape index (κ1) is 34.7. The van der Waals surface area contributed by atoms with Crippen molar-refractivity contribution in [3.63, 3.8) is 0 Å². The first-order valence-electron chi connectivity index (χ1n) is 19.8. The van der Waals surface area contributed by atoms with Crippen LogP contribution in [-0.2, 0) is 11.8 Å². The molecule has 11 rings (SSSR count). The van der Waals surface area contributed by atoms with E-state index < -0.39 is 5.41 Å². The van der Waals surface area contributed by atoms with Gasteiger partial charge in [0.25, 0.3) is 0 Å². The van der Waals surface area contributed by atoms with E-state index in [2.05, 4.69) is 121 Å². The molecule has 278 valence electrons. The number of thiophene rings is 1. The summed E-state index contributed by atoms with van der Waals surface area (Å²) in [6, 6.07) is 61.8. The number of para-hydroxylation sites is 2. The minimum atomic E-state index is -0.695. The summed E-state index contributed by atoms with van der Waals surface area (Å²) in [7, 11) is 0. The van der Waals surface area contributed by atoms with Gasteiger partial charge < -0.3 is 0 Å². The predicted molar refractivity (Wildman–Crippen MR) is 238 cm³/mol. The number of hydrogen-bond donors (Lipinski definition) is 0. The van der Waals surface area contributed by atoms with Crippen molar-refractivity contribution in [2.45, 2.75) is 18.8 Å². The van der Waals surface area contributed by atoms with Crippen LogP contribution in [0.2, 0.25) is 0 Å². The molecule has 7 aromatic carbocycles. The van der Waals surface area contributed by atoms with Crippen molar-refractivity contribution in [3.8, 4) is 57.0 Å². The average molecular weight is 775 g/mol. The molecular formula is C52H34N6S. The van der Waals surface area contributed by atoms with Gasteiger partial charge in [0.2, 0.25) is 0 Å². The SMILES string of the molecule is CCc1nc2ccccc2n1-c1ccc(C2(c3ccccc3)c3ccc(-c4nc(-c5ccccc5)nc(-c5ccccc5)n4)cc3-c3c2ccc2scc(C#N)c32)cc1. The fourth-order valence-electron chi connectivity index (χ4n) is 9.04. The summed E-state index contributed by atoms with van der Waals surface area (Å²) < 4.78 is 3.35. The highest BCUT2D eigenvalue weighted by atomic mass is 32.1. The molecule has 0 amide bonds. The van der Waals surface area contributed by atoms with Gasteiger partial charge in [-0.2, -0.15) is 5.26 Å². The van der Waals surface area contributed by atoms with Crippen molar-refractivity contribution in [1.29, 1.82) is 5.26 Å². The van der Waals surface area contributed by atoms with Gasteiger partial charge >= 0.3 is 0 Å². The van der Waals surface area contributed by atoms with E-state index in [-0.39, 0.29) is 0 Å². The Bertz CT molecular complexity index is 3200. The summed E-state index contributed by atoms with van der Waals surface area (Å²) >= 11 is 1.61. The van der Waals surface area contributed by atoms with Gasteiger partial charge in [-0.05, 0) is 69.8 Å². The summed E-state index contributed by atoms with van der Waals surface area (Å²) in [6.07, 6.45) is 0.812. The van der Waals surface area contributed by atoms with Crippen LogP contribution in [0.1, 0.15) is 40.6 Å². The number of rotatable bonds is 7. The molecule has 0 aliphatic heterocycles. The molecule has 1 atom stereocenters. The first-order valence-corrected chi connectivity index (χ1v) is 20.6. The van der Waals surface area contributed by atoms with E-state index in [1.807, 2.05) is 72.1 Å². The Hall–Kier alpha value is -7.53. The van der Waals surface area contributed by atoms with Gasteiger partial charge in [-0.3, -0.25) is 4.57 Å². The average Bonchev–Trinajstić information content (AvgIpc) is 4.00. The van der Waals surface area contributed by atoms with E-state index >= 15 is 0 Å². The molecular weight excluding hydrogens is 741 g/mol. The summed E-state index contributed by atoms with van der Waals surface area (Å²) in [5.41, 5.74) is 12.5. The predicted octanol–water partition coefficient (Wildman–Crippen LogP) is 12.2. The highest BCUT2D eigenvalue weighted by Crippen LogP contribution is 2.59. The van der Waals surface area contributed by atoms with Gasteiger partial charge in [0.15, 0.2) is 17.5 Å². The lowest BCUT2D eigenvalue weighted by atomic mass is 9.67. The zero-order chi connectivity index (χ0) is 39.5. The van der Waals surface area contributed by atoms with Gasteiger partial charge in [0.1, 0.15) is 11.9 Å². The number of nitriles is 1. The second kappa shape index (κ2) is 13.8. The molecule has 0 saturated heterocycles. The second-order valence-corrected chi connectivity index (χ2v) is 15.7. The fourth-order valence-corrected chi connectivity index (χ4v) is 9.94. The van der Waals surface area contributed by atoms with Crippen LogP contribution in [-0.4, -0.2) is 24.5 Å². The van der Waals surface area contributed by atoms with Crippen molar-refractivity contribution in [2.75, 3.05) is 0 Å². The maximum atomic E-state index is 10.5. The van der Waals surface area contributed by atoms with Crippen LogP contribution >= 0.6 is 11.3 Å². The molecule has 0 bridgehead atoms. The number of fused-ring (bicyclic) bond motifs is 6. The van der Waals surface area contributed by atoms with Gasteiger partial charge in [0.05, 0.1) is 22.0 Å². The largest absolute Gasteiger partial charge is 0.296 e. The Morgan fingerprint density at radius 3 is 1.85 bits per heavy atom. The normalized spacial score (nSPS) is 14.3. The fraction of sp³-hybridized carbons (Fsp3) is 0.0577. The lowest BCUT2D eigenvalue weighted by Gasteiger charge is -2.34. The summed E-state index contributed by atoms with van der Waals surface area (Å²) in [5, 5.41) is 13.5. The van der Waals surface area contributed by atoms with Crippen LogP contribution in [0.5, 0.6) is 0 Å². The first-order chi connectivity index (χ1) is 29.1. The number of aromatic nitrogens is 5. The molecule has 0 N–H and O–H groups in total. The van der Waals surface area contributed by atoms with Gasteiger partial charge in [-0.15, -0.1) is 11.3 Å². The lowest BCUT2D eigenvalue weighted by molar-refractivity contribution is 0.768. The third-order valence-corrected chi connectivity index (χ3v) is 12.6. The molecule has 7 heteroatoms. The molecule has 0 fully saturated rings. The van der Waals surface area contributed by atoms with Gasteiger partial charge in [-0.25, -0.2) is 19.9 Å². The van der Waals surface area contributed by atoms with E-state index in [0.717, 1.165) is 89.1 Å². The summed E-state index contributed by atoms with van der Waals surface area (Å²) in [5.74, 6) is 2.82. The molecule has 3 aromatic heterocycles. The van der Waals surface area contributed by atoms with E-state index in [4.69, 9.17) is 19.9 Å². The Morgan fingerprint density at radius 2 is 1.19 bits per heavy atom. The second-order valence-electron chi connectivity index (χ2n) is 14.8. The van der Waals surface area contributed by atoms with Crippen molar-refractivity contribution in [1.82, 2.24) is 24.5 Å². The Labute approximate surface area is 345 Å². The quantitative estimate of drug-likeness (QED) is 0.161. The van der Waals surface area contributed by atoms with Crippen molar-refractivity contribution in [3.05, 3.63) is 209 Å². The molecule has 1 unspecified atom stereocenters. The third-order valence-electron chi connectivity index (χ3n) is 11.6. The molecule has 0 spiro atoms. The Balaban J connectivity index is 1.17. The van der Waals surface area contributed by atoms with Crippen molar-refractivity contribution >= 4 is 32.5 Å². The monoisotopic (exact) mass is 774 g/mol. The maximum absolute atomic E-state index is 10.5. The number of benzene rings is 7. The van der Waals surface area contributed by atoms with E-state index in [1.54, 1.807) is 11.3 Å². The molecule has 1 aliphatic rings. The Kier molecular flexibility index (Phi) is 8.14. The molecule has 6 nitrogen and oxygen atoms in total. The summed E-state index contributed by atoms with van der Waals surface area (Å²) in [4.78, 5) is 20.1. The number of nitrogens with zero attached hydrogens (tertiary/aromatic N) is 6. The molecule has 1 aliphatic carbocycles. The smallest absolute Gasteiger partial charge is 0.164 e. The molecule has 0 saturated carbocycles. The van der Waals surface area contributed by atoms with Crippen LogP contribution in [0.4, 0.5) is 0 Å². The van der Waals surface area contributed by atoms with Crippen LogP contribution in [0, 0.1) is 11.3 Å². The van der Waals surface area contributed by atoms with Gasteiger partial charge in [-0.1, -0.05) is 140 Å². The highest BCUT2D eigenvalue weighted by molar-refractivity contribution is 7.17. The molecule has 3 heterocycles. The topological polar surface area (TPSA) is 80.3 Å². The zero-order valence-corrected chi connectivity index (χ0v) is 32.9. The molecule has 59 heavy (non-hydrogen) atoms. The zero-order valence-electron chi connectivity index (χ0n) is 32.0. The number of hydrogen-bond acceptors (Lipinski definition) is 6. The van der Waals surface area contributed by atoms with Crippen molar-refractivity contribution in [2.24, 2.45) is 0 Å². The third kappa shape index (κ3) is 5.38. The maximum Gasteiger partial charge on any atom is 0.164 e. The van der Waals surface area contributed by atoms with Crippen molar-refractivity contribution < 1.29 is 0 Å². The minimum Gasteiger partial charge on any atom is -0.296 e. The standard InChI is InChI=1S/C52H34N6S/c1-2-46-54-43-20-12-13-21-44(43)58(46)39-25-23-38(24-26-39)52(37-18-10-5-11-19-37)41-27-22-35(30-40(41)48-42(52)28-29-45-47(48)36(31-53)32-59-45)51-56-49(33-14-6-3-7-15-33)55-50(57-51)34-16-8-4-9-17-34/h3-30,32H,2H2,1H3. The highest BCUT2D eigenvalue weighted by Gasteiger charge is 2.47. The van der Waals surface area contributed by atoms with Crippen LogP contribution in [0.25, 0.3) is 72.1 Å². The van der Waals surface area contributed by atoms with E-state index in [9.17, 15) is 5.26 Å². The number of aryl methyl sites for hydroxylation is 1. The van der Waals surface area contributed by atoms with E-state index in [1.165, 1.54) is 0 Å². The minimum absolute atomic E-state index is 0.584. The number of imidazole rings is 1. The molecule has 10 aromatic rings. The molecule has 0 radical (unpaired) electrons. The van der Waals surface area contributed by atoms with Gasteiger partial charge in [0, 0.05) is 44.3 Å². The van der Waals surface area contributed by atoms with E-state index in [0.29, 0.717) is 23.0 Å². The lowest BCUT2D eigenvalue weighted by Crippen LogP contribution is -2.28. The van der Waals surface area contributed by atoms with Crippen LogP contribution < -0.4 is 0 Å². The van der Waals surface area contributed by atoms with Crippen LogP contribution in [0.15, 0.2) is 175 Å². The Morgan fingerprint density at radius 1 is 0.593 bits per heavy atom. The van der Waals surface area contributed by atoms with Crippen LogP contribution in [0.3, 0.4) is 0 Å². The summed E-state index contributed by atoms with van der Waals surface area (Å²) in [6.45, 7) is 2.15.